The first-order valence-electron chi connectivity index (χ1n) is 5.26. The van der Waals surface area contributed by atoms with Gasteiger partial charge in [-0.15, -0.1) is 0 Å². The Morgan fingerprint density at radius 1 is 1.44 bits per heavy atom. The number of ether oxygens (including phenoxy) is 1. The number of hydrogen-bond acceptors (Lipinski definition) is 5. The van der Waals surface area contributed by atoms with Gasteiger partial charge in [0, 0.05) is 26.3 Å². The molecule has 0 bridgehead atoms. The molecule has 5 nitrogen and oxygen atoms in total. The Hall–Kier alpha value is -1.07. The number of nitrogen functional groups attached to an aromatic ring is 1. The molecule has 0 unspecified atom stereocenters. The van der Waals surface area contributed by atoms with E-state index in [2.05, 4.69) is 14.9 Å². The fourth-order valence-electron chi connectivity index (χ4n) is 1.89. The first-order valence-corrected chi connectivity index (χ1v) is 5.64. The quantitative estimate of drug-likeness (QED) is 0.793. The molecule has 88 valence electrons. The Morgan fingerprint density at radius 2 is 2.12 bits per heavy atom. The third kappa shape index (κ3) is 2.20. The molecular weight excluding hydrogens is 228 g/mol. The van der Waals surface area contributed by atoms with E-state index in [9.17, 15) is 0 Å². The van der Waals surface area contributed by atoms with E-state index in [1.807, 2.05) is 7.05 Å². The van der Waals surface area contributed by atoms with Gasteiger partial charge in [-0.2, -0.15) is 0 Å². The Kier molecular flexibility index (Phi) is 3.46. The van der Waals surface area contributed by atoms with Gasteiger partial charge in [0.05, 0.1) is 0 Å². The van der Waals surface area contributed by atoms with E-state index < -0.39 is 0 Å². The van der Waals surface area contributed by atoms with Crippen molar-refractivity contribution in [3.05, 3.63) is 11.5 Å². The maximum Gasteiger partial charge on any atom is 0.157 e. The summed E-state index contributed by atoms with van der Waals surface area (Å²) in [5.41, 5.74) is 6.30. The molecule has 1 aliphatic rings. The third-order valence-corrected chi connectivity index (χ3v) is 3.19. The smallest absolute Gasteiger partial charge is 0.157 e. The van der Waals surface area contributed by atoms with Crippen molar-refractivity contribution in [2.75, 3.05) is 30.9 Å². The molecule has 0 amide bonds. The number of anilines is 2. The van der Waals surface area contributed by atoms with Crippen molar-refractivity contribution in [1.29, 1.82) is 0 Å². The topological polar surface area (TPSA) is 64.3 Å². The lowest BCUT2D eigenvalue weighted by Crippen LogP contribution is -2.37. The van der Waals surface area contributed by atoms with Gasteiger partial charge in [-0.1, -0.05) is 11.6 Å². The second kappa shape index (κ2) is 4.84. The minimum Gasteiger partial charge on any atom is -0.393 e. The van der Waals surface area contributed by atoms with Gasteiger partial charge >= 0.3 is 0 Å². The van der Waals surface area contributed by atoms with Crippen LogP contribution < -0.4 is 10.6 Å². The van der Waals surface area contributed by atoms with Crippen LogP contribution in [0.3, 0.4) is 0 Å². The van der Waals surface area contributed by atoms with Crippen molar-refractivity contribution in [3.63, 3.8) is 0 Å². The van der Waals surface area contributed by atoms with Gasteiger partial charge in [0.25, 0.3) is 0 Å². The molecular formula is C10H15ClN4O. The van der Waals surface area contributed by atoms with Gasteiger partial charge < -0.3 is 15.4 Å². The molecule has 0 radical (unpaired) electrons. The van der Waals surface area contributed by atoms with Crippen LogP contribution in [0.15, 0.2) is 6.33 Å². The SMILES string of the molecule is CN(c1ncnc(Cl)c1N)C1CCOCC1. The lowest BCUT2D eigenvalue weighted by atomic mass is 10.1. The molecule has 1 aromatic heterocycles. The summed E-state index contributed by atoms with van der Waals surface area (Å²) in [7, 11) is 1.98. The minimum atomic E-state index is 0.309. The molecule has 1 saturated heterocycles. The molecule has 1 fully saturated rings. The molecule has 0 spiro atoms. The third-order valence-electron chi connectivity index (χ3n) is 2.89. The maximum atomic E-state index is 5.87. The second-order valence-electron chi connectivity index (χ2n) is 3.86. The molecule has 0 atom stereocenters. The molecule has 2 heterocycles. The van der Waals surface area contributed by atoms with Crippen molar-refractivity contribution in [1.82, 2.24) is 9.97 Å². The van der Waals surface area contributed by atoms with Crippen molar-refractivity contribution in [3.8, 4) is 0 Å². The van der Waals surface area contributed by atoms with Crippen LogP contribution in [0.4, 0.5) is 11.5 Å². The summed E-state index contributed by atoms with van der Waals surface area (Å²) in [5, 5.41) is 0.309. The van der Waals surface area contributed by atoms with Crippen LogP contribution in [-0.2, 0) is 4.74 Å². The first-order chi connectivity index (χ1) is 7.70. The van der Waals surface area contributed by atoms with E-state index in [-0.39, 0.29) is 0 Å². The van der Waals surface area contributed by atoms with E-state index in [1.165, 1.54) is 6.33 Å². The summed E-state index contributed by atoms with van der Waals surface area (Å²) in [6.07, 6.45) is 3.40. The zero-order valence-corrected chi connectivity index (χ0v) is 9.94. The summed E-state index contributed by atoms with van der Waals surface area (Å²) in [6.45, 7) is 1.57. The Morgan fingerprint density at radius 3 is 2.81 bits per heavy atom. The van der Waals surface area contributed by atoms with Crippen LogP contribution in [0, 0.1) is 0 Å². The molecule has 2 N–H and O–H groups in total. The second-order valence-corrected chi connectivity index (χ2v) is 4.21. The van der Waals surface area contributed by atoms with Gasteiger partial charge in [-0.3, -0.25) is 0 Å². The van der Waals surface area contributed by atoms with E-state index in [0.717, 1.165) is 26.1 Å². The molecule has 6 heteroatoms. The number of rotatable bonds is 2. The van der Waals surface area contributed by atoms with Crippen LogP contribution in [0.2, 0.25) is 5.15 Å². The standard InChI is InChI=1S/C10H15ClN4O/c1-15(7-2-4-16-5-3-7)10-8(12)9(11)13-6-14-10/h6-7H,2-5,12H2,1H3. The summed E-state index contributed by atoms with van der Waals surface area (Å²) < 4.78 is 5.32. The molecule has 16 heavy (non-hydrogen) atoms. The molecule has 0 aliphatic carbocycles. The monoisotopic (exact) mass is 242 g/mol. The zero-order chi connectivity index (χ0) is 11.5. The van der Waals surface area contributed by atoms with Crippen molar-refractivity contribution in [2.24, 2.45) is 0 Å². The predicted octanol–water partition coefficient (Wildman–Crippen LogP) is 1.33. The normalized spacial score (nSPS) is 17.4. The minimum absolute atomic E-state index is 0.309. The van der Waals surface area contributed by atoms with Crippen molar-refractivity contribution in [2.45, 2.75) is 18.9 Å². The zero-order valence-electron chi connectivity index (χ0n) is 9.19. The lowest BCUT2D eigenvalue weighted by Gasteiger charge is -2.32. The number of halogens is 1. The van der Waals surface area contributed by atoms with Gasteiger partial charge in [0.2, 0.25) is 0 Å². The summed E-state index contributed by atoms with van der Waals surface area (Å²) >= 11 is 5.87. The summed E-state index contributed by atoms with van der Waals surface area (Å²) in [6, 6.07) is 0.405. The summed E-state index contributed by atoms with van der Waals surface area (Å²) in [5.74, 6) is 0.701. The first kappa shape index (κ1) is 11.4. The highest BCUT2D eigenvalue weighted by Gasteiger charge is 2.21. The van der Waals surface area contributed by atoms with Crippen molar-refractivity contribution < 1.29 is 4.74 Å². The summed E-state index contributed by atoms with van der Waals surface area (Å²) in [4.78, 5) is 10.1. The van der Waals surface area contributed by atoms with E-state index in [4.69, 9.17) is 22.1 Å². The predicted molar refractivity (Wildman–Crippen MR) is 63.7 cm³/mol. The van der Waals surface area contributed by atoms with E-state index >= 15 is 0 Å². The molecule has 2 rings (SSSR count). The van der Waals surface area contributed by atoms with Crippen LogP contribution in [0.1, 0.15) is 12.8 Å². The van der Waals surface area contributed by atoms with Crippen molar-refractivity contribution >= 4 is 23.1 Å². The fourth-order valence-corrected chi connectivity index (χ4v) is 2.02. The number of hydrogen-bond donors (Lipinski definition) is 1. The Balaban J connectivity index is 2.19. The Bertz CT molecular complexity index is 368. The molecule has 0 aromatic carbocycles. The highest BCUT2D eigenvalue weighted by molar-refractivity contribution is 6.32. The fraction of sp³-hybridized carbons (Fsp3) is 0.600. The van der Waals surface area contributed by atoms with Crippen LogP contribution in [0.5, 0.6) is 0 Å². The van der Waals surface area contributed by atoms with E-state index in [1.54, 1.807) is 0 Å². The lowest BCUT2D eigenvalue weighted by molar-refractivity contribution is 0.0854. The van der Waals surface area contributed by atoms with Crippen LogP contribution in [0.25, 0.3) is 0 Å². The average molecular weight is 243 g/mol. The van der Waals surface area contributed by atoms with Gasteiger partial charge in [0.1, 0.15) is 12.0 Å². The molecule has 1 aliphatic heterocycles. The van der Waals surface area contributed by atoms with Gasteiger partial charge in [0.15, 0.2) is 11.0 Å². The Labute approximate surface area is 99.6 Å². The van der Waals surface area contributed by atoms with E-state index in [0.29, 0.717) is 22.7 Å². The molecule has 0 saturated carbocycles. The molecule has 1 aromatic rings. The van der Waals surface area contributed by atoms with Crippen LogP contribution >= 0.6 is 11.6 Å². The largest absolute Gasteiger partial charge is 0.393 e. The highest BCUT2D eigenvalue weighted by Crippen LogP contribution is 2.28. The average Bonchev–Trinajstić information content (AvgIpc) is 2.33. The number of aromatic nitrogens is 2. The maximum absolute atomic E-state index is 5.87. The van der Waals surface area contributed by atoms with Crippen LogP contribution in [-0.4, -0.2) is 36.3 Å². The number of nitrogens with zero attached hydrogens (tertiary/aromatic N) is 3. The van der Waals surface area contributed by atoms with Gasteiger partial charge in [-0.05, 0) is 12.8 Å². The number of nitrogens with two attached hydrogens (primary N) is 1. The van der Waals surface area contributed by atoms with Gasteiger partial charge in [-0.25, -0.2) is 9.97 Å². The highest BCUT2D eigenvalue weighted by atomic mass is 35.5.